The lowest BCUT2D eigenvalue weighted by molar-refractivity contribution is -0.132. The molecule has 142 valence electrons. The molecule has 0 bridgehead atoms. The van der Waals surface area contributed by atoms with Gasteiger partial charge in [0.15, 0.2) is 0 Å². The highest BCUT2D eigenvalue weighted by molar-refractivity contribution is 6.30. The zero-order chi connectivity index (χ0) is 19.4. The van der Waals surface area contributed by atoms with Crippen molar-refractivity contribution in [2.45, 2.75) is 13.0 Å². The molecule has 5 nitrogen and oxygen atoms in total. The number of aromatic nitrogens is 2. The number of carbonyl (C=O) groups excluding carboxylic acids is 1. The predicted octanol–water partition coefficient (Wildman–Crippen LogP) is 3.50. The van der Waals surface area contributed by atoms with E-state index in [2.05, 4.69) is 20.2 Å². The molecule has 0 radical (unpaired) electrons. The molecule has 28 heavy (non-hydrogen) atoms. The Labute approximate surface area is 169 Å². The molecule has 1 aliphatic rings. The summed E-state index contributed by atoms with van der Waals surface area (Å²) in [6.07, 6.45) is 3.91. The first kappa shape index (κ1) is 18.4. The number of hydrogen-bond donors (Lipinski definition) is 1. The molecule has 2 heterocycles. The van der Waals surface area contributed by atoms with E-state index in [9.17, 15) is 4.79 Å². The first-order valence-corrected chi connectivity index (χ1v) is 9.60. The molecular formula is C22H21ClN4O. The standard InChI is InChI=1S/C22H21ClN4O/c23-19-8-6-17(7-9-19)12-22(14-27(15-22)20-10-11-24-16-26-20)21(28)25-13-18-4-2-1-3-5-18/h1-11,16H,12-15H2,(H,25,28). The van der Waals surface area contributed by atoms with Gasteiger partial charge in [0.2, 0.25) is 5.91 Å². The Morgan fingerprint density at radius 3 is 2.46 bits per heavy atom. The van der Waals surface area contributed by atoms with Gasteiger partial charge in [0.25, 0.3) is 0 Å². The maximum absolute atomic E-state index is 13.2. The van der Waals surface area contributed by atoms with Crippen LogP contribution >= 0.6 is 11.6 Å². The first-order valence-electron chi connectivity index (χ1n) is 9.22. The van der Waals surface area contributed by atoms with Crippen LogP contribution in [-0.2, 0) is 17.8 Å². The predicted molar refractivity (Wildman–Crippen MR) is 110 cm³/mol. The second-order valence-corrected chi connectivity index (χ2v) is 7.61. The quantitative estimate of drug-likeness (QED) is 0.697. The molecule has 0 spiro atoms. The third kappa shape index (κ3) is 3.99. The highest BCUT2D eigenvalue weighted by atomic mass is 35.5. The van der Waals surface area contributed by atoms with Gasteiger partial charge in [-0.2, -0.15) is 0 Å². The summed E-state index contributed by atoms with van der Waals surface area (Å²) in [5.74, 6) is 0.911. The third-order valence-corrected chi connectivity index (χ3v) is 5.36. The van der Waals surface area contributed by atoms with Crippen molar-refractivity contribution in [3.05, 3.63) is 89.3 Å². The molecular weight excluding hydrogens is 372 g/mol. The summed E-state index contributed by atoms with van der Waals surface area (Å²) in [7, 11) is 0. The van der Waals surface area contributed by atoms with E-state index >= 15 is 0 Å². The highest BCUT2D eigenvalue weighted by Crippen LogP contribution is 2.37. The molecule has 0 unspecified atom stereocenters. The van der Waals surface area contributed by atoms with Crippen molar-refractivity contribution in [1.82, 2.24) is 15.3 Å². The van der Waals surface area contributed by atoms with E-state index in [4.69, 9.17) is 11.6 Å². The molecule has 0 saturated carbocycles. The van der Waals surface area contributed by atoms with Crippen molar-refractivity contribution in [3.63, 3.8) is 0 Å². The van der Waals surface area contributed by atoms with Crippen LogP contribution in [0.4, 0.5) is 5.82 Å². The van der Waals surface area contributed by atoms with E-state index in [1.165, 1.54) is 6.33 Å². The molecule has 1 amide bonds. The average Bonchev–Trinajstić information content (AvgIpc) is 2.71. The molecule has 0 aliphatic carbocycles. The Morgan fingerprint density at radius 1 is 1.04 bits per heavy atom. The minimum Gasteiger partial charge on any atom is -0.354 e. The number of carbonyl (C=O) groups is 1. The zero-order valence-electron chi connectivity index (χ0n) is 15.4. The minimum absolute atomic E-state index is 0.0663. The molecule has 4 rings (SSSR count). The smallest absolute Gasteiger partial charge is 0.230 e. The van der Waals surface area contributed by atoms with Gasteiger partial charge in [-0.3, -0.25) is 4.79 Å². The minimum atomic E-state index is -0.493. The third-order valence-electron chi connectivity index (χ3n) is 5.11. The van der Waals surface area contributed by atoms with Crippen molar-refractivity contribution in [2.24, 2.45) is 5.41 Å². The molecule has 1 N–H and O–H groups in total. The molecule has 1 aromatic heterocycles. The lowest BCUT2D eigenvalue weighted by Gasteiger charge is -2.49. The van der Waals surface area contributed by atoms with E-state index in [0.29, 0.717) is 31.1 Å². The normalized spacial score (nSPS) is 15.0. The Balaban J connectivity index is 1.50. The van der Waals surface area contributed by atoms with Gasteiger partial charge in [-0.05, 0) is 35.7 Å². The number of halogens is 1. The number of hydrogen-bond acceptors (Lipinski definition) is 4. The fraction of sp³-hybridized carbons (Fsp3) is 0.227. The van der Waals surface area contributed by atoms with E-state index in [0.717, 1.165) is 16.9 Å². The van der Waals surface area contributed by atoms with Crippen LogP contribution in [0.5, 0.6) is 0 Å². The summed E-state index contributed by atoms with van der Waals surface area (Å²) in [5.41, 5.74) is 1.69. The molecule has 1 saturated heterocycles. The number of rotatable bonds is 6. The second kappa shape index (κ2) is 7.98. The van der Waals surface area contributed by atoms with Gasteiger partial charge in [0, 0.05) is 30.9 Å². The van der Waals surface area contributed by atoms with Crippen molar-refractivity contribution in [2.75, 3.05) is 18.0 Å². The summed E-state index contributed by atoms with van der Waals surface area (Å²) in [6.45, 7) is 1.76. The van der Waals surface area contributed by atoms with Crippen LogP contribution < -0.4 is 10.2 Å². The van der Waals surface area contributed by atoms with Crippen LogP contribution in [0.3, 0.4) is 0 Å². The van der Waals surface area contributed by atoms with E-state index in [1.807, 2.05) is 60.7 Å². The largest absolute Gasteiger partial charge is 0.354 e. The monoisotopic (exact) mass is 392 g/mol. The maximum Gasteiger partial charge on any atom is 0.230 e. The number of nitrogens with one attached hydrogen (secondary N) is 1. The summed E-state index contributed by atoms with van der Waals surface area (Å²) in [4.78, 5) is 23.6. The molecule has 0 atom stereocenters. The number of amides is 1. The SMILES string of the molecule is O=C(NCc1ccccc1)C1(Cc2ccc(Cl)cc2)CN(c2ccncn2)C1. The first-order chi connectivity index (χ1) is 13.6. The van der Waals surface area contributed by atoms with Crippen LogP contribution in [0.25, 0.3) is 0 Å². The Hall–Kier alpha value is -2.92. The summed E-state index contributed by atoms with van der Waals surface area (Å²) in [6, 6.07) is 19.5. The van der Waals surface area contributed by atoms with Crippen LogP contribution in [0.1, 0.15) is 11.1 Å². The summed E-state index contributed by atoms with van der Waals surface area (Å²) >= 11 is 6.01. The van der Waals surface area contributed by atoms with Gasteiger partial charge < -0.3 is 10.2 Å². The van der Waals surface area contributed by atoms with Gasteiger partial charge in [-0.15, -0.1) is 0 Å². The molecule has 3 aromatic rings. The van der Waals surface area contributed by atoms with E-state index in [1.54, 1.807) is 6.20 Å². The fourth-order valence-corrected chi connectivity index (χ4v) is 3.74. The zero-order valence-corrected chi connectivity index (χ0v) is 16.1. The fourth-order valence-electron chi connectivity index (χ4n) is 3.61. The summed E-state index contributed by atoms with van der Waals surface area (Å²) in [5, 5.41) is 3.82. The van der Waals surface area contributed by atoms with Crippen molar-refractivity contribution < 1.29 is 4.79 Å². The lowest BCUT2D eigenvalue weighted by Crippen LogP contribution is -2.64. The second-order valence-electron chi connectivity index (χ2n) is 7.18. The Morgan fingerprint density at radius 2 is 1.79 bits per heavy atom. The Kier molecular flexibility index (Phi) is 5.26. The average molecular weight is 393 g/mol. The van der Waals surface area contributed by atoms with E-state index < -0.39 is 5.41 Å². The summed E-state index contributed by atoms with van der Waals surface area (Å²) < 4.78 is 0. The van der Waals surface area contributed by atoms with E-state index in [-0.39, 0.29) is 5.91 Å². The highest BCUT2D eigenvalue weighted by Gasteiger charge is 2.49. The van der Waals surface area contributed by atoms with Crippen LogP contribution in [0, 0.1) is 5.41 Å². The van der Waals surface area contributed by atoms with Crippen LogP contribution in [-0.4, -0.2) is 29.0 Å². The molecule has 1 fully saturated rings. The van der Waals surface area contributed by atoms with Gasteiger partial charge in [0.05, 0.1) is 5.41 Å². The van der Waals surface area contributed by atoms with Crippen molar-refractivity contribution in [1.29, 1.82) is 0 Å². The maximum atomic E-state index is 13.2. The van der Waals surface area contributed by atoms with Crippen LogP contribution in [0.2, 0.25) is 5.02 Å². The topological polar surface area (TPSA) is 58.1 Å². The number of benzene rings is 2. The lowest BCUT2D eigenvalue weighted by atomic mass is 9.73. The van der Waals surface area contributed by atoms with Gasteiger partial charge in [-0.25, -0.2) is 9.97 Å². The number of nitrogens with zero attached hydrogens (tertiary/aromatic N) is 3. The Bertz CT molecular complexity index is 926. The van der Waals surface area contributed by atoms with Crippen LogP contribution in [0.15, 0.2) is 73.2 Å². The molecule has 6 heteroatoms. The van der Waals surface area contributed by atoms with Gasteiger partial charge >= 0.3 is 0 Å². The van der Waals surface area contributed by atoms with Crippen molar-refractivity contribution >= 4 is 23.3 Å². The van der Waals surface area contributed by atoms with Crippen molar-refractivity contribution in [3.8, 4) is 0 Å². The van der Waals surface area contributed by atoms with Gasteiger partial charge in [0.1, 0.15) is 12.1 Å². The number of anilines is 1. The van der Waals surface area contributed by atoms with Gasteiger partial charge in [-0.1, -0.05) is 54.1 Å². The molecule has 2 aromatic carbocycles. The molecule has 1 aliphatic heterocycles.